The van der Waals surface area contributed by atoms with Crippen molar-refractivity contribution in [1.29, 1.82) is 0 Å². The summed E-state index contributed by atoms with van der Waals surface area (Å²) in [6.45, 7) is 4.93. The molecule has 0 aromatic heterocycles. The van der Waals surface area contributed by atoms with Crippen LogP contribution in [0.5, 0.6) is 0 Å². The van der Waals surface area contributed by atoms with Crippen molar-refractivity contribution in [1.82, 2.24) is 0 Å². The standard InChI is InChI=1S/C16H21ClO6/c1-4-21-14(18)13(11-7-9-12(17)10-8-11)16(20,23-6-3)15(19)22-5-2/h7-10,13,20H,4-6H2,1-3H3. The van der Waals surface area contributed by atoms with E-state index in [0.717, 1.165) is 0 Å². The molecule has 23 heavy (non-hydrogen) atoms. The minimum Gasteiger partial charge on any atom is -0.465 e. The fourth-order valence-electron chi connectivity index (χ4n) is 2.12. The number of hydrogen-bond acceptors (Lipinski definition) is 6. The molecule has 2 atom stereocenters. The van der Waals surface area contributed by atoms with Crippen LogP contribution in [-0.4, -0.2) is 42.7 Å². The normalized spacial score (nSPS) is 14.7. The van der Waals surface area contributed by atoms with Crippen molar-refractivity contribution in [2.45, 2.75) is 32.5 Å². The fourth-order valence-corrected chi connectivity index (χ4v) is 2.24. The summed E-state index contributed by atoms with van der Waals surface area (Å²) in [5.74, 6) is -5.71. The summed E-state index contributed by atoms with van der Waals surface area (Å²) in [5.41, 5.74) is 0.330. The van der Waals surface area contributed by atoms with Crippen LogP contribution in [0.1, 0.15) is 32.3 Å². The number of esters is 2. The molecule has 0 radical (unpaired) electrons. The summed E-state index contributed by atoms with van der Waals surface area (Å²) in [7, 11) is 0. The molecule has 128 valence electrons. The Labute approximate surface area is 140 Å². The first-order valence-corrected chi connectivity index (χ1v) is 7.74. The molecule has 0 aliphatic carbocycles. The van der Waals surface area contributed by atoms with E-state index in [4.69, 9.17) is 25.8 Å². The maximum absolute atomic E-state index is 12.4. The van der Waals surface area contributed by atoms with Crippen molar-refractivity contribution >= 4 is 23.5 Å². The van der Waals surface area contributed by atoms with Crippen LogP contribution in [0.15, 0.2) is 24.3 Å². The van der Waals surface area contributed by atoms with E-state index in [1.54, 1.807) is 32.9 Å². The highest BCUT2D eigenvalue weighted by Gasteiger charge is 2.52. The number of rotatable bonds is 8. The Morgan fingerprint density at radius 2 is 1.65 bits per heavy atom. The fraction of sp³-hybridized carbons (Fsp3) is 0.500. The lowest BCUT2D eigenvalue weighted by molar-refractivity contribution is -0.238. The first-order chi connectivity index (χ1) is 10.9. The summed E-state index contributed by atoms with van der Waals surface area (Å²) >= 11 is 5.84. The molecular formula is C16H21ClO6. The number of benzene rings is 1. The van der Waals surface area contributed by atoms with Crippen molar-refractivity contribution in [3.63, 3.8) is 0 Å². The molecule has 1 aromatic carbocycles. The van der Waals surface area contributed by atoms with E-state index >= 15 is 0 Å². The minimum absolute atomic E-state index is 0.00118. The Morgan fingerprint density at radius 1 is 1.09 bits per heavy atom. The molecule has 0 fully saturated rings. The highest BCUT2D eigenvalue weighted by Crippen LogP contribution is 2.33. The first-order valence-electron chi connectivity index (χ1n) is 7.36. The molecule has 1 rings (SSSR count). The summed E-state index contributed by atoms with van der Waals surface area (Å²) in [4.78, 5) is 24.6. The van der Waals surface area contributed by atoms with E-state index in [1.165, 1.54) is 12.1 Å². The summed E-state index contributed by atoms with van der Waals surface area (Å²) in [6, 6.07) is 6.13. The highest BCUT2D eigenvalue weighted by molar-refractivity contribution is 6.30. The van der Waals surface area contributed by atoms with Gasteiger partial charge in [-0.15, -0.1) is 0 Å². The second-order valence-corrected chi connectivity index (χ2v) is 5.02. The van der Waals surface area contributed by atoms with Gasteiger partial charge in [-0.25, -0.2) is 4.79 Å². The Balaban J connectivity index is 3.35. The molecule has 1 N–H and O–H groups in total. The third-order valence-corrected chi connectivity index (χ3v) is 3.30. The third kappa shape index (κ3) is 4.67. The van der Waals surface area contributed by atoms with Crippen molar-refractivity contribution in [3.8, 4) is 0 Å². The minimum atomic E-state index is -2.48. The van der Waals surface area contributed by atoms with Gasteiger partial charge in [-0.1, -0.05) is 23.7 Å². The summed E-state index contributed by atoms with van der Waals surface area (Å²) < 4.78 is 15.1. The highest BCUT2D eigenvalue weighted by atomic mass is 35.5. The smallest absolute Gasteiger partial charge is 0.367 e. The van der Waals surface area contributed by atoms with E-state index in [9.17, 15) is 14.7 Å². The lowest BCUT2D eigenvalue weighted by Gasteiger charge is -2.32. The topological polar surface area (TPSA) is 82.1 Å². The van der Waals surface area contributed by atoms with E-state index < -0.39 is 23.6 Å². The quantitative estimate of drug-likeness (QED) is 0.575. The van der Waals surface area contributed by atoms with Crippen molar-refractivity contribution in [2.24, 2.45) is 0 Å². The van der Waals surface area contributed by atoms with Gasteiger partial charge in [0.2, 0.25) is 0 Å². The second-order valence-electron chi connectivity index (χ2n) is 4.59. The van der Waals surface area contributed by atoms with Gasteiger partial charge in [0, 0.05) is 11.6 Å². The van der Waals surface area contributed by atoms with Crippen molar-refractivity contribution in [2.75, 3.05) is 19.8 Å². The molecule has 0 aliphatic heterocycles. The van der Waals surface area contributed by atoms with E-state index in [0.29, 0.717) is 10.6 Å². The van der Waals surface area contributed by atoms with Crippen LogP contribution in [0.4, 0.5) is 0 Å². The van der Waals surface area contributed by atoms with Gasteiger partial charge in [-0.05, 0) is 38.5 Å². The monoisotopic (exact) mass is 344 g/mol. The van der Waals surface area contributed by atoms with Gasteiger partial charge in [0.15, 0.2) is 0 Å². The van der Waals surface area contributed by atoms with Crippen LogP contribution in [0.3, 0.4) is 0 Å². The number of aliphatic hydroxyl groups is 1. The van der Waals surface area contributed by atoms with Gasteiger partial charge in [0.1, 0.15) is 5.92 Å². The Morgan fingerprint density at radius 3 is 2.13 bits per heavy atom. The number of carbonyl (C=O) groups is 2. The maximum Gasteiger partial charge on any atom is 0.367 e. The van der Waals surface area contributed by atoms with E-state index in [2.05, 4.69) is 0 Å². The lowest BCUT2D eigenvalue weighted by atomic mass is 9.90. The zero-order chi connectivity index (χ0) is 17.5. The number of halogens is 1. The molecule has 1 aromatic rings. The van der Waals surface area contributed by atoms with Crippen LogP contribution in [-0.2, 0) is 23.8 Å². The van der Waals surface area contributed by atoms with Crippen molar-refractivity contribution in [3.05, 3.63) is 34.9 Å². The summed E-state index contributed by atoms with van der Waals surface area (Å²) in [5, 5.41) is 11.2. The first kappa shape index (κ1) is 19.4. The number of hydrogen-bond donors (Lipinski definition) is 1. The molecule has 2 unspecified atom stereocenters. The maximum atomic E-state index is 12.4. The van der Waals surface area contributed by atoms with E-state index in [-0.39, 0.29) is 19.8 Å². The average molecular weight is 345 g/mol. The van der Waals surface area contributed by atoms with Crippen LogP contribution in [0, 0.1) is 0 Å². The molecule has 0 saturated carbocycles. The molecule has 0 aliphatic rings. The van der Waals surface area contributed by atoms with Gasteiger partial charge in [-0.2, -0.15) is 0 Å². The molecule has 0 bridgehead atoms. The van der Waals surface area contributed by atoms with Crippen LogP contribution in [0.2, 0.25) is 5.02 Å². The summed E-state index contributed by atoms with van der Waals surface area (Å²) in [6.07, 6.45) is 0. The van der Waals surface area contributed by atoms with Crippen LogP contribution >= 0.6 is 11.6 Å². The Kier molecular flexibility index (Phi) is 7.48. The molecule has 0 saturated heterocycles. The molecule has 7 heteroatoms. The molecule has 0 heterocycles. The van der Waals surface area contributed by atoms with E-state index in [1.807, 2.05) is 0 Å². The largest absolute Gasteiger partial charge is 0.465 e. The van der Waals surface area contributed by atoms with Gasteiger partial charge in [-0.3, -0.25) is 4.79 Å². The van der Waals surface area contributed by atoms with Crippen LogP contribution < -0.4 is 0 Å². The predicted octanol–water partition coefficient (Wildman–Crippen LogP) is 2.27. The van der Waals surface area contributed by atoms with Gasteiger partial charge >= 0.3 is 11.9 Å². The zero-order valence-corrected chi connectivity index (χ0v) is 14.1. The molecule has 0 amide bonds. The zero-order valence-electron chi connectivity index (χ0n) is 13.4. The SMILES string of the molecule is CCOC(=O)C(c1ccc(Cl)cc1)C(O)(OCC)C(=O)OCC. The van der Waals surface area contributed by atoms with Gasteiger partial charge in [0.05, 0.1) is 13.2 Å². The Bertz CT molecular complexity index is 530. The second kappa shape index (κ2) is 8.86. The van der Waals surface area contributed by atoms with Gasteiger partial charge < -0.3 is 19.3 Å². The predicted molar refractivity (Wildman–Crippen MR) is 84.0 cm³/mol. The number of ether oxygens (including phenoxy) is 3. The average Bonchev–Trinajstić information content (AvgIpc) is 2.50. The molecule has 0 spiro atoms. The molecule has 6 nitrogen and oxygen atoms in total. The molecular weight excluding hydrogens is 324 g/mol. The van der Waals surface area contributed by atoms with Crippen molar-refractivity contribution < 1.29 is 28.9 Å². The number of carbonyl (C=O) groups excluding carboxylic acids is 2. The third-order valence-electron chi connectivity index (χ3n) is 3.05. The Hall–Kier alpha value is -1.63. The van der Waals surface area contributed by atoms with Gasteiger partial charge in [0.25, 0.3) is 5.79 Å². The van der Waals surface area contributed by atoms with Crippen LogP contribution in [0.25, 0.3) is 0 Å². The lowest BCUT2D eigenvalue weighted by Crippen LogP contribution is -2.51.